The third-order valence-electron chi connectivity index (χ3n) is 6.33. The van der Waals surface area contributed by atoms with Crippen molar-refractivity contribution in [1.29, 1.82) is 5.26 Å². The molecule has 2 aromatic heterocycles. The lowest BCUT2D eigenvalue weighted by Gasteiger charge is -2.31. The van der Waals surface area contributed by atoms with Crippen molar-refractivity contribution in [2.45, 2.75) is 82.5 Å². The second-order valence-corrected chi connectivity index (χ2v) is 10.6. The number of hydrogen-bond acceptors (Lipinski definition) is 6. The van der Waals surface area contributed by atoms with E-state index in [1.54, 1.807) is 15.9 Å². The number of nitrogens with one attached hydrogen (secondary N) is 1. The maximum Gasteiger partial charge on any atom is 0.263 e. The van der Waals surface area contributed by atoms with Crippen molar-refractivity contribution in [2.24, 2.45) is 5.92 Å². The van der Waals surface area contributed by atoms with Crippen molar-refractivity contribution in [3.05, 3.63) is 20.8 Å². The summed E-state index contributed by atoms with van der Waals surface area (Å²) >= 11 is 2.93. The molecule has 0 aliphatic heterocycles. The molecule has 1 unspecified atom stereocenters. The first-order valence-corrected chi connectivity index (χ1v) is 12.7. The standard InChI is InChI=1S/C22H28N4O2S2/c1-3-26-20(28)18-15-8-7-14(2)11-16(15)30-19(18)24-21(26)29-12-17(27)25-22(13-23)9-5-4-6-10-22/h14H,3-12H2,1-2H3,(H,25,27). The molecular formula is C22H28N4O2S2. The fraction of sp³-hybridized carbons (Fsp3) is 0.636. The summed E-state index contributed by atoms with van der Waals surface area (Å²) in [4.78, 5) is 32.7. The number of thiophene rings is 1. The molecule has 0 aromatic carbocycles. The minimum absolute atomic E-state index is 0.0123. The number of aromatic nitrogens is 2. The van der Waals surface area contributed by atoms with Gasteiger partial charge in [0.15, 0.2) is 5.16 Å². The fourth-order valence-corrected chi connectivity index (χ4v) is 6.93. The first kappa shape index (κ1) is 21.4. The minimum atomic E-state index is -0.735. The molecule has 0 bridgehead atoms. The van der Waals surface area contributed by atoms with Crippen LogP contribution in [0.4, 0.5) is 0 Å². The van der Waals surface area contributed by atoms with Crippen LogP contribution >= 0.6 is 23.1 Å². The zero-order valence-corrected chi connectivity index (χ0v) is 19.3. The zero-order valence-electron chi connectivity index (χ0n) is 17.6. The fourth-order valence-electron chi connectivity index (χ4n) is 4.65. The van der Waals surface area contributed by atoms with Crippen molar-refractivity contribution in [1.82, 2.24) is 14.9 Å². The van der Waals surface area contributed by atoms with Gasteiger partial charge in [-0.15, -0.1) is 11.3 Å². The molecule has 160 valence electrons. The molecule has 2 heterocycles. The number of carbonyl (C=O) groups is 1. The number of thioether (sulfide) groups is 1. The Kier molecular flexibility index (Phi) is 6.21. The van der Waals surface area contributed by atoms with Crippen molar-refractivity contribution in [3.8, 4) is 6.07 Å². The van der Waals surface area contributed by atoms with E-state index >= 15 is 0 Å². The molecule has 1 saturated carbocycles. The number of aryl methyl sites for hydroxylation is 1. The third kappa shape index (κ3) is 4.02. The summed E-state index contributed by atoms with van der Waals surface area (Å²) in [5.74, 6) is 0.632. The van der Waals surface area contributed by atoms with E-state index < -0.39 is 5.54 Å². The number of rotatable bonds is 5. The lowest BCUT2D eigenvalue weighted by molar-refractivity contribution is -0.120. The number of hydrogen-bond donors (Lipinski definition) is 1. The maximum absolute atomic E-state index is 13.2. The van der Waals surface area contributed by atoms with Crippen LogP contribution in [0, 0.1) is 17.2 Å². The summed E-state index contributed by atoms with van der Waals surface area (Å²) in [6.07, 6.45) is 7.55. The average Bonchev–Trinajstić information content (AvgIpc) is 3.10. The summed E-state index contributed by atoms with van der Waals surface area (Å²) < 4.78 is 1.69. The Bertz CT molecular complexity index is 1060. The van der Waals surface area contributed by atoms with E-state index in [2.05, 4.69) is 18.3 Å². The van der Waals surface area contributed by atoms with E-state index in [0.29, 0.717) is 30.5 Å². The maximum atomic E-state index is 13.2. The molecule has 8 heteroatoms. The van der Waals surface area contributed by atoms with Gasteiger partial charge in [-0.1, -0.05) is 37.9 Å². The Balaban J connectivity index is 1.56. The van der Waals surface area contributed by atoms with Gasteiger partial charge in [0.25, 0.3) is 5.56 Å². The van der Waals surface area contributed by atoms with Gasteiger partial charge in [-0.05, 0) is 50.5 Å². The van der Waals surface area contributed by atoms with Crippen molar-refractivity contribution in [2.75, 3.05) is 5.75 Å². The predicted octanol–water partition coefficient (Wildman–Crippen LogP) is 4.04. The topological polar surface area (TPSA) is 87.8 Å². The van der Waals surface area contributed by atoms with E-state index in [0.717, 1.165) is 48.7 Å². The molecule has 0 spiro atoms. The Labute approximate surface area is 185 Å². The molecule has 4 rings (SSSR count). The van der Waals surface area contributed by atoms with Gasteiger partial charge in [0, 0.05) is 11.4 Å². The van der Waals surface area contributed by atoms with E-state index in [-0.39, 0.29) is 17.2 Å². The van der Waals surface area contributed by atoms with Crippen LogP contribution in [0.5, 0.6) is 0 Å². The average molecular weight is 445 g/mol. The van der Waals surface area contributed by atoms with E-state index in [1.165, 1.54) is 22.2 Å². The van der Waals surface area contributed by atoms with E-state index in [4.69, 9.17) is 4.98 Å². The minimum Gasteiger partial charge on any atom is -0.337 e. The van der Waals surface area contributed by atoms with E-state index in [1.807, 2.05) is 6.92 Å². The number of nitrogens with zero attached hydrogens (tertiary/aromatic N) is 3. The van der Waals surface area contributed by atoms with Crippen LogP contribution in [0.15, 0.2) is 9.95 Å². The Morgan fingerprint density at radius 3 is 2.87 bits per heavy atom. The van der Waals surface area contributed by atoms with Crippen LogP contribution in [-0.2, 0) is 24.2 Å². The lowest BCUT2D eigenvalue weighted by atomic mass is 9.83. The number of carbonyl (C=O) groups excluding carboxylic acids is 1. The van der Waals surface area contributed by atoms with E-state index in [9.17, 15) is 14.9 Å². The SMILES string of the molecule is CCn1c(SCC(=O)NC2(C#N)CCCCC2)nc2sc3c(c2c1=O)CCC(C)C3. The molecular weight excluding hydrogens is 416 g/mol. The molecule has 0 saturated heterocycles. The van der Waals surface area contributed by atoms with Crippen LogP contribution in [-0.4, -0.2) is 26.8 Å². The van der Waals surface area contributed by atoms with Gasteiger partial charge in [0.2, 0.25) is 5.91 Å². The van der Waals surface area contributed by atoms with Crippen LogP contribution in [0.3, 0.4) is 0 Å². The third-order valence-corrected chi connectivity index (χ3v) is 8.45. The van der Waals surface area contributed by atoms with Crippen LogP contribution in [0.1, 0.15) is 62.8 Å². The highest BCUT2D eigenvalue weighted by atomic mass is 32.2. The number of nitriles is 1. The zero-order chi connectivity index (χ0) is 21.3. The van der Waals surface area contributed by atoms with Gasteiger partial charge >= 0.3 is 0 Å². The molecule has 1 amide bonds. The summed E-state index contributed by atoms with van der Waals surface area (Å²) in [6, 6.07) is 2.32. The summed E-state index contributed by atoms with van der Waals surface area (Å²) in [7, 11) is 0. The molecule has 2 aliphatic carbocycles. The van der Waals surface area contributed by atoms with Gasteiger partial charge in [0.05, 0.1) is 17.2 Å². The van der Waals surface area contributed by atoms with Gasteiger partial charge in [-0.2, -0.15) is 5.26 Å². The van der Waals surface area contributed by atoms with Crippen LogP contribution in [0.2, 0.25) is 0 Å². The van der Waals surface area contributed by atoms with Crippen molar-refractivity contribution in [3.63, 3.8) is 0 Å². The summed E-state index contributed by atoms with van der Waals surface area (Å²) in [5.41, 5.74) is 0.467. The highest BCUT2D eigenvalue weighted by molar-refractivity contribution is 7.99. The first-order valence-electron chi connectivity index (χ1n) is 10.9. The smallest absolute Gasteiger partial charge is 0.263 e. The molecule has 2 aromatic rings. The molecule has 1 atom stereocenters. The Hall–Kier alpha value is -1.85. The first-order chi connectivity index (χ1) is 14.5. The van der Waals surface area contributed by atoms with Crippen molar-refractivity contribution < 1.29 is 4.79 Å². The summed E-state index contributed by atoms with van der Waals surface area (Å²) in [5, 5.41) is 13.9. The predicted molar refractivity (Wildman–Crippen MR) is 121 cm³/mol. The highest BCUT2D eigenvalue weighted by Gasteiger charge is 2.33. The second-order valence-electron chi connectivity index (χ2n) is 8.57. The molecule has 30 heavy (non-hydrogen) atoms. The highest BCUT2D eigenvalue weighted by Crippen LogP contribution is 2.36. The van der Waals surface area contributed by atoms with Gasteiger partial charge in [0.1, 0.15) is 10.4 Å². The largest absolute Gasteiger partial charge is 0.337 e. The molecule has 1 N–H and O–H groups in total. The molecule has 1 fully saturated rings. The normalized spacial score (nSPS) is 20.5. The molecule has 6 nitrogen and oxygen atoms in total. The quantitative estimate of drug-likeness (QED) is 0.555. The molecule has 0 radical (unpaired) electrons. The summed E-state index contributed by atoms with van der Waals surface area (Å²) in [6.45, 7) is 4.72. The monoisotopic (exact) mass is 444 g/mol. The van der Waals surface area contributed by atoms with Gasteiger partial charge in [-0.3, -0.25) is 14.2 Å². The van der Waals surface area contributed by atoms with Crippen LogP contribution < -0.4 is 10.9 Å². The second kappa shape index (κ2) is 8.72. The Morgan fingerprint density at radius 2 is 2.17 bits per heavy atom. The number of fused-ring (bicyclic) bond motifs is 3. The number of amides is 1. The molecule has 2 aliphatic rings. The van der Waals surface area contributed by atoms with Crippen LogP contribution in [0.25, 0.3) is 10.2 Å². The van der Waals surface area contributed by atoms with Gasteiger partial charge < -0.3 is 5.32 Å². The van der Waals surface area contributed by atoms with Gasteiger partial charge in [-0.25, -0.2) is 4.98 Å². The van der Waals surface area contributed by atoms with Crippen molar-refractivity contribution >= 4 is 39.2 Å². The lowest BCUT2D eigenvalue weighted by Crippen LogP contribution is -2.49. The Morgan fingerprint density at radius 1 is 1.40 bits per heavy atom.